The van der Waals surface area contributed by atoms with Crippen LogP contribution < -0.4 is 15.9 Å². The van der Waals surface area contributed by atoms with Crippen LogP contribution in [0.5, 0.6) is 0 Å². The van der Waals surface area contributed by atoms with Crippen LogP contribution in [0.4, 0.5) is 0 Å². The Labute approximate surface area is 393 Å². The monoisotopic (exact) mass is 1190 g/mol. The van der Waals surface area contributed by atoms with Crippen molar-refractivity contribution in [3.05, 3.63) is 237 Å². The first-order valence-corrected chi connectivity index (χ1v) is 22.5. The zero-order valence-electron chi connectivity index (χ0n) is 33.8. The molecule has 0 aliphatic heterocycles. The van der Waals surface area contributed by atoms with E-state index in [9.17, 15) is 0 Å². The van der Waals surface area contributed by atoms with Gasteiger partial charge in [0.25, 0.3) is 0 Å². The van der Waals surface area contributed by atoms with Crippen LogP contribution in [0.1, 0.15) is 25.0 Å². The van der Waals surface area contributed by atoms with Crippen molar-refractivity contribution in [3.8, 4) is 11.8 Å². The Morgan fingerprint density at radius 3 is 1.30 bits per heavy atom. The number of furan rings is 2. The molecule has 0 saturated carbocycles. The fourth-order valence-corrected chi connectivity index (χ4v) is 15.1. The summed E-state index contributed by atoms with van der Waals surface area (Å²) in [7, 11) is -2.01. The predicted octanol–water partition coefficient (Wildman–Crippen LogP) is 13.4. The van der Waals surface area contributed by atoms with Gasteiger partial charge in [-0.3, -0.25) is 11.8 Å². The molecule has 2 heterocycles. The van der Waals surface area contributed by atoms with Crippen LogP contribution in [0.25, 0.3) is 43.9 Å². The molecule has 1 unspecified atom stereocenters. The van der Waals surface area contributed by atoms with Crippen molar-refractivity contribution >= 4 is 75.6 Å². The summed E-state index contributed by atoms with van der Waals surface area (Å²) in [6, 6.07) is 60.3. The normalized spacial score (nSPS) is 11.5. The maximum atomic E-state index is 7.10. The Hall–Kier alpha value is -5.18. The van der Waals surface area contributed by atoms with Gasteiger partial charge in [-0.2, -0.15) is 0 Å². The van der Waals surface area contributed by atoms with Gasteiger partial charge in [0, 0.05) is 35.4 Å². The molecule has 0 bridgehead atoms. The molecule has 2 aromatic heterocycles. The van der Waals surface area contributed by atoms with Gasteiger partial charge in [0.05, 0.1) is 5.82 Å². The molecule has 7 aromatic carbocycles. The number of benzene rings is 7. The molecular formula is C55H44Au2O2P2+2. The van der Waals surface area contributed by atoms with Crippen LogP contribution in [0.3, 0.4) is 0 Å². The SMILES string of the molecule is C=C/C=C\C=C\[PH+](c1ccccc1)C(C)(C)[PH+](c1ccccc1)c1ccccc1.[Au+].[Au+].[C-]#Cc1ccc2oc3ccccc3c2c1.[C-]#Cc1ccc2oc3ccccc3c2c1. The van der Waals surface area contributed by atoms with Crippen LogP contribution in [-0.4, -0.2) is 4.90 Å². The summed E-state index contributed by atoms with van der Waals surface area (Å²) in [6.45, 7) is 8.74. The van der Waals surface area contributed by atoms with E-state index in [1.54, 1.807) is 0 Å². The van der Waals surface area contributed by atoms with E-state index >= 15 is 0 Å². The summed E-state index contributed by atoms with van der Waals surface area (Å²) in [5.41, 5.74) is 5.03. The summed E-state index contributed by atoms with van der Waals surface area (Å²) in [5.74, 6) is 7.22. The fraction of sp³-hybridized carbons (Fsp3) is 0.0545. The number of para-hydroxylation sites is 2. The smallest absolute Gasteiger partial charge is 0.456 e. The number of rotatable bonds is 8. The molecule has 1 atom stereocenters. The Balaban J connectivity index is 0.000000185. The maximum Gasteiger partial charge on any atom is 1.00 e. The number of hydrogen-bond donors (Lipinski definition) is 0. The summed E-state index contributed by atoms with van der Waals surface area (Å²) in [5, 5.41) is 8.67. The average molecular weight is 1190 g/mol. The topological polar surface area (TPSA) is 26.3 Å². The zero-order chi connectivity index (χ0) is 41.0. The van der Waals surface area contributed by atoms with Gasteiger partial charge in [-0.25, -0.2) is 0 Å². The molecule has 0 fully saturated rings. The van der Waals surface area contributed by atoms with Crippen molar-refractivity contribution in [3.63, 3.8) is 0 Å². The van der Waals surface area contributed by atoms with Crippen molar-refractivity contribution in [1.29, 1.82) is 0 Å². The van der Waals surface area contributed by atoms with Crippen molar-refractivity contribution in [1.82, 2.24) is 0 Å². The predicted molar refractivity (Wildman–Crippen MR) is 257 cm³/mol. The Bertz CT molecular complexity index is 2810. The van der Waals surface area contributed by atoms with E-state index in [0.717, 1.165) is 55.0 Å². The second-order valence-electron chi connectivity index (χ2n) is 14.4. The van der Waals surface area contributed by atoms with Gasteiger partial charge >= 0.3 is 44.8 Å². The fourth-order valence-electron chi connectivity index (χ4n) is 7.42. The molecule has 0 saturated heterocycles. The minimum atomic E-state index is -1.01. The number of fused-ring (bicyclic) bond motifs is 6. The van der Waals surface area contributed by atoms with Gasteiger partial charge in [0.15, 0.2) is 4.90 Å². The summed E-state index contributed by atoms with van der Waals surface area (Å²) < 4.78 is 11.3. The maximum absolute atomic E-state index is 7.10. The van der Waals surface area contributed by atoms with Crippen LogP contribution in [0, 0.1) is 24.7 Å². The van der Waals surface area contributed by atoms with E-state index in [1.807, 2.05) is 97.1 Å². The minimum absolute atomic E-state index is 0. The summed E-state index contributed by atoms with van der Waals surface area (Å²) >= 11 is 0. The molecular weight excluding hydrogens is 1150 g/mol. The molecule has 2 nitrogen and oxygen atoms in total. The third-order valence-electron chi connectivity index (χ3n) is 10.2. The third kappa shape index (κ3) is 11.2. The second kappa shape index (κ2) is 22.6. The first kappa shape index (κ1) is 46.9. The van der Waals surface area contributed by atoms with Crippen LogP contribution in [0.2, 0.25) is 0 Å². The first-order chi connectivity index (χ1) is 28.9. The van der Waals surface area contributed by atoms with Crippen LogP contribution in [-0.2, 0) is 44.8 Å². The molecule has 0 spiro atoms. The van der Waals surface area contributed by atoms with E-state index in [1.165, 1.54) is 15.9 Å². The van der Waals surface area contributed by atoms with Crippen LogP contribution >= 0.6 is 15.8 Å². The van der Waals surface area contributed by atoms with Crippen molar-refractivity contribution in [2.45, 2.75) is 18.7 Å². The molecule has 9 aromatic rings. The summed E-state index contributed by atoms with van der Waals surface area (Å²) in [4.78, 5) is 0.151. The molecule has 0 radical (unpaired) electrons. The zero-order valence-corrected chi connectivity index (χ0v) is 40.1. The average Bonchev–Trinajstić information content (AvgIpc) is 3.85. The standard InChI is InChI=1S/C27H28P2.2C14H7O.2Au/c1-4-5-6-16-23-28(24-17-10-7-11-18-24)27(2,3)29(25-19-12-8-13-20-25)26-21-14-9-15-22-26;2*1-2-10-7-8-14-12(9-10)11-5-3-4-6-13(11)15-14;;/h4-23H,1H2,2-3H3;2*3-9H;;/q;2*-1;2*+1/p+2/b6-5-,23-16+;;;;. The molecule has 0 aliphatic rings. The molecule has 0 amide bonds. The van der Waals surface area contributed by atoms with E-state index in [2.05, 4.69) is 141 Å². The van der Waals surface area contributed by atoms with E-state index < -0.39 is 15.8 Å². The molecule has 6 heteroatoms. The van der Waals surface area contributed by atoms with Gasteiger partial charge in [0.1, 0.15) is 54.1 Å². The van der Waals surface area contributed by atoms with Crippen molar-refractivity contribution < 1.29 is 53.6 Å². The quantitative estimate of drug-likeness (QED) is 0.0498. The van der Waals surface area contributed by atoms with Crippen molar-refractivity contribution in [2.24, 2.45) is 0 Å². The van der Waals surface area contributed by atoms with E-state index in [4.69, 9.17) is 21.7 Å². The minimum Gasteiger partial charge on any atom is -0.456 e. The largest absolute Gasteiger partial charge is 1.00 e. The van der Waals surface area contributed by atoms with Gasteiger partial charge in [0.2, 0.25) is 0 Å². The molecule has 306 valence electrons. The van der Waals surface area contributed by atoms with Crippen LogP contribution in [0.15, 0.2) is 221 Å². The summed E-state index contributed by atoms with van der Waals surface area (Å²) in [6.07, 6.45) is 22.3. The van der Waals surface area contributed by atoms with Gasteiger partial charge in [-0.1, -0.05) is 116 Å². The molecule has 61 heavy (non-hydrogen) atoms. The molecule has 0 N–H and O–H groups in total. The number of hydrogen-bond acceptors (Lipinski definition) is 2. The van der Waals surface area contributed by atoms with Crippen molar-refractivity contribution in [2.75, 3.05) is 0 Å². The second-order valence-corrected chi connectivity index (χ2v) is 21.0. The van der Waals surface area contributed by atoms with Gasteiger partial charge < -0.3 is 21.7 Å². The Morgan fingerprint density at radius 2 is 0.869 bits per heavy atom. The Morgan fingerprint density at radius 1 is 0.475 bits per heavy atom. The van der Waals surface area contributed by atoms with Gasteiger partial charge in [-0.05, 0) is 66.7 Å². The Kier molecular flexibility index (Phi) is 17.4. The van der Waals surface area contributed by atoms with E-state index in [-0.39, 0.29) is 49.7 Å². The number of allylic oxidation sites excluding steroid dienone is 4. The molecule has 9 rings (SSSR count). The van der Waals surface area contributed by atoms with Gasteiger partial charge in [-0.15, -0.1) is 35.4 Å². The molecule has 0 aliphatic carbocycles. The third-order valence-corrected chi connectivity index (χ3v) is 17.6. The van der Waals surface area contributed by atoms with E-state index in [0.29, 0.717) is 0 Å². The first-order valence-electron chi connectivity index (χ1n) is 19.5.